The summed E-state index contributed by atoms with van der Waals surface area (Å²) in [4.78, 5) is 20.2. The van der Waals surface area contributed by atoms with Gasteiger partial charge in [-0.3, -0.25) is 0 Å². The molecule has 8 heteroatoms. The van der Waals surface area contributed by atoms with Crippen molar-refractivity contribution < 1.29 is 0 Å². The van der Waals surface area contributed by atoms with E-state index in [1.54, 1.807) is 0 Å². The maximum absolute atomic E-state index is 5.62. The molecule has 1 aromatic heterocycles. The first-order valence-electron chi connectivity index (χ1n) is 6.67. The van der Waals surface area contributed by atoms with Crippen molar-refractivity contribution in [1.82, 2.24) is 25.6 Å². The lowest BCUT2D eigenvalue weighted by Crippen LogP contribution is -2.34. The summed E-state index contributed by atoms with van der Waals surface area (Å²) in [5.74, 6) is 0.500. The van der Waals surface area contributed by atoms with Crippen molar-refractivity contribution in [1.29, 1.82) is 0 Å². The molecule has 0 saturated carbocycles. The Morgan fingerprint density at radius 2 is 1.19 bits per heavy atom. The molecule has 0 fully saturated rings. The minimum absolute atomic E-state index is 0.0795. The largest absolute Gasteiger partial charge is 0.371 e. The van der Waals surface area contributed by atoms with Crippen molar-refractivity contribution in [2.24, 2.45) is 9.98 Å². The Kier molecular flexibility index (Phi) is 5.17. The highest BCUT2D eigenvalue weighted by atomic mass is 15.2. The molecule has 0 aliphatic carbocycles. The number of nitrogens with zero attached hydrogens (tertiary/aromatic N) is 5. The molecule has 1 rings (SSSR count). The third-order valence-corrected chi connectivity index (χ3v) is 1.98. The van der Waals surface area contributed by atoms with Gasteiger partial charge in [-0.25, -0.2) is 9.98 Å². The fourth-order valence-corrected chi connectivity index (χ4v) is 1.05. The van der Waals surface area contributed by atoms with Crippen LogP contribution in [0.1, 0.15) is 41.5 Å². The van der Waals surface area contributed by atoms with Gasteiger partial charge in [-0.1, -0.05) is 0 Å². The number of nitrogens with two attached hydrogens (primary N) is 1. The normalized spacial score (nSPS) is 13.0. The van der Waals surface area contributed by atoms with Crippen LogP contribution in [-0.4, -0.2) is 38.7 Å². The van der Waals surface area contributed by atoms with Crippen molar-refractivity contribution in [2.45, 2.75) is 52.6 Å². The first-order chi connectivity index (χ1) is 9.55. The topological polar surface area (TPSA) is 113 Å². The van der Waals surface area contributed by atoms with Crippen LogP contribution >= 0.6 is 0 Å². The van der Waals surface area contributed by atoms with Crippen LogP contribution in [0.15, 0.2) is 9.98 Å². The zero-order valence-corrected chi connectivity index (χ0v) is 13.5. The van der Waals surface area contributed by atoms with Crippen molar-refractivity contribution in [3.8, 4) is 0 Å². The van der Waals surface area contributed by atoms with E-state index < -0.39 is 0 Å². The maximum atomic E-state index is 5.62. The SMILES string of the molecule is CC(C)(C)NC=Nc1nc(N)nc(N=CNC(C)(C)C)n1. The van der Waals surface area contributed by atoms with Crippen LogP contribution in [0.2, 0.25) is 0 Å². The number of nitrogen functional groups attached to an aromatic ring is 1. The summed E-state index contributed by atoms with van der Waals surface area (Å²) in [7, 11) is 0. The first-order valence-corrected chi connectivity index (χ1v) is 6.67. The third-order valence-electron chi connectivity index (χ3n) is 1.98. The summed E-state index contributed by atoms with van der Waals surface area (Å²) in [5, 5.41) is 6.18. The van der Waals surface area contributed by atoms with Gasteiger partial charge in [0.25, 0.3) is 11.9 Å². The molecular weight excluding hydrogens is 268 g/mol. The molecule has 0 atom stereocenters. The van der Waals surface area contributed by atoms with Gasteiger partial charge in [0.05, 0.1) is 12.7 Å². The summed E-state index contributed by atoms with van der Waals surface area (Å²) in [6, 6.07) is 0. The van der Waals surface area contributed by atoms with Gasteiger partial charge >= 0.3 is 0 Å². The second kappa shape index (κ2) is 6.47. The van der Waals surface area contributed by atoms with Gasteiger partial charge in [-0.15, -0.1) is 0 Å². The lowest BCUT2D eigenvalue weighted by Gasteiger charge is -2.17. The smallest absolute Gasteiger partial charge is 0.257 e. The lowest BCUT2D eigenvalue weighted by molar-refractivity contribution is 0.517. The number of aliphatic imine (C=N–C) groups is 2. The summed E-state index contributed by atoms with van der Waals surface area (Å²) in [6.45, 7) is 12.1. The number of aromatic nitrogens is 3. The average molecular weight is 292 g/mol. The van der Waals surface area contributed by atoms with E-state index >= 15 is 0 Å². The zero-order valence-electron chi connectivity index (χ0n) is 13.5. The van der Waals surface area contributed by atoms with Gasteiger partial charge in [0.2, 0.25) is 5.95 Å². The van der Waals surface area contributed by atoms with E-state index in [4.69, 9.17) is 5.73 Å². The average Bonchev–Trinajstić information content (AvgIpc) is 2.24. The van der Waals surface area contributed by atoms with Crippen molar-refractivity contribution in [2.75, 3.05) is 5.73 Å². The summed E-state index contributed by atoms with van der Waals surface area (Å²) >= 11 is 0. The molecule has 1 aromatic rings. The predicted octanol–water partition coefficient (Wildman–Crippen LogP) is 1.55. The fourth-order valence-electron chi connectivity index (χ4n) is 1.05. The van der Waals surface area contributed by atoms with Crippen LogP contribution < -0.4 is 16.4 Å². The standard InChI is InChI=1S/C13H24N8/c1-12(2,3)17-7-15-10-19-9(14)20-11(21-10)16-8-18-13(4,5)6/h7-8H,1-6H3,(H4,14,15,16,17,18,19,20,21). The molecule has 4 N–H and O–H groups in total. The Labute approximate surface area is 125 Å². The van der Waals surface area contributed by atoms with E-state index in [2.05, 4.69) is 35.6 Å². The second-order valence-corrected chi connectivity index (χ2v) is 6.60. The van der Waals surface area contributed by atoms with Crippen LogP contribution in [0.25, 0.3) is 0 Å². The van der Waals surface area contributed by atoms with Gasteiger partial charge in [0, 0.05) is 11.1 Å². The van der Waals surface area contributed by atoms with Crippen molar-refractivity contribution in [3.63, 3.8) is 0 Å². The van der Waals surface area contributed by atoms with Crippen LogP contribution in [0.4, 0.5) is 17.8 Å². The van der Waals surface area contributed by atoms with E-state index in [1.807, 2.05) is 41.5 Å². The summed E-state index contributed by atoms with van der Waals surface area (Å²) in [6.07, 6.45) is 3.07. The highest BCUT2D eigenvalue weighted by Crippen LogP contribution is 2.11. The predicted molar refractivity (Wildman–Crippen MR) is 86.3 cm³/mol. The van der Waals surface area contributed by atoms with Crippen LogP contribution in [-0.2, 0) is 0 Å². The minimum Gasteiger partial charge on any atom is -0.371 e. The molecular formula is C13H24N8. The van der Waals surface area contributed by atoms with Crippen molar-refractivity contribution >= 4 is 30.5 Å². The van der Waals surface area contributed by atoms with Crippen molar-refractivity contribution in [3.05, 3.63) is 0 Å². The Balaban J connectivity index is 2.80. The van der Waals surface area contributed by atoms with Gasteiger partial charge in [0.15, 0.2) is 0 Å². The van der Waals surface area contributed by atoms with Gasteiger partial charge in [-0.2, -0.15) is 15.0 Å². The number of rotatable bonds is 4. The molecule has 21 heavy (non-hydrogen) atoms. The third kappa shape index (κ3) is 7.81. The molecule has 0 radical (unpaired) electrons. The van der Waals surface area contributed by atoms with Crippen LogP contribution in [0.5, 0.6) is 0 Å². The maximum Gasteiger partial charge on any atom is 0.257 e. The lowest BCUT2D eigenvalue weighted by atomic mass is 10.1. The molecule has 0 saturated heterocycles. The minimum atomic E-state index is -0.0836. The Morgan fingerprint density at radius 1 is 0.810 bits per heavy atom. The monoisotopic (exact) mass is 292 g/mol. The molecule has 1 heterocycles. The van der Waals surface area contributed by atoms with Gasteiger partial charge in [-0.05, 0) is 41.5 Å². The molecule has 8 nitrogen and oxygen atoms in total. The van der Waals surface area contributed by atoms with E-state index in [-0.39, 0.29) is 28.9 Å². The Hall–Kier alpha value is -2.25. The number of nitrogens with one attached hydrogen (secondary N) is 2. The number of hydrogen-bond acceptors (Lipinski definition) is 6. The molecule has 0 unspecified atom stereocenters. The second-order valence-electron chi connectivity index (χ2n) is 6.60. The van der Waals surface area contributed by atoms with E-state index in [0.29, 0.717) is 0 Å². The van der Waals surface area contributed by atoms with E-state index in [0.717, 1.165) is 0 Å². The quantitative estimate of drug-likeness (QED) is 0.573. The zero-order chi connectivity index (χ0) is 16.1. The van der Waals surface area contributed by atoms with Gasteiger partial charge < -0.3 is 16.4 Å². The molecule has 0 bridgehead atoms. The molecule has 0 amide bonds. The number of anilines is 1. The van der Waals surface area contributed by atoms with Crippen LogP contribution in [0, 0.1) is 0 Å². The molecule has 116 valence electrons. The summed E-state index contributed by atoms with van der Waals surface area (Å²) in [5.41, 5.74) is 5.46. The molecule has 0 aromatic carbocycles. The van der Waals surface area contributed by atoms with E-state index in [1.165, 1.54) is 12.7 Å². The Morgan fingerprint density at radius 3 is 1.52 bits per heavy atom. The molecule has 0 spiro atoms. The number of hydrogen-bond donors (Lipinski definition) is 3. The van der Waals surface area contributed by atoms with Gasteiger partial charge in [0.1, 0.15) is 0 Å². The van der Waals surface area contributed by atoms with E-state index in [9.17, 15) is 0 Å². The Bertz CT molecular complexity index is 478. The molecule has 0 aliphatic heterocycles. The molecule has 0 aliphatic rings. The highest BCUT2D eigenvalue weighted by molar-refractivity contribution is 5.61. The fraction of sp³-hybridized carbons (Fsp3) is 0.615. The highest BCUT2D eigenvalue weighted by Gasteiger charge is 2.07. The summed E-state index contributed by atoms with van der Waals surface area (Å²) < 4.78 is 0. The van der Waals surface area contributed by atoms with Crippen LogP contribution in [0.3, 0.4) is 0 Å². The first kappa shape index (κ1) is 16.8.